The number of morpholine rings is 1. The first-order valence-corrected chi connectivity index (χ1v) is 8.94. The number of aromatic hydroxyl groups is 1. The number of nitrogens with one attached hydrogen (secondary N) is 1. The Bertz CT molecular complexity index is 721. The number of phenols is 1. The number of benzene rings is 1. The topological polar surface area (TPSA) is 74.7 Å². The summed E-state index contributed by atoms with van der Waals surface area (Å²) in [6, 6.07) is 10.7. The number of carbonyl (C=O) groups excluding carboxylic acids is 1. The van der Waals surface area contributed by atoms with E-state index in [4.69, 9.17) is 4.74 Å². The zero-order valence-electron chi connectivity index (χ0n) is 15.2. The van der Waals surface area contributed by atoms with Crippen molar-refractivity contribution >= 4 is 11.7 Å². The molecule has 1 fully saturated rings. The highest BCUT2D eigenvalue weighted by molar-refractivity contribution is 5.94. The number of nitrogens with zero attached hydrogens (tertiary/aromatic N) is 2. The summed E-state index contributed by atoms with van der Waals surface area (Å²) >= 11 is 0. The van der Waals surface area contributed by atoms with E-state index in [0.717, 1.165) is 24.5 Å². The number of hydrogen-bond acceptors (Lipinski definition) is 5. The number of pyridine rings is 1. The van der Waals surface area contributed by atoms with E-state index in [2.05, 4.69) is 29.0 Å². The zero-order valence-corrected chi connectivity index (χ0v) is 15.2. The summed E-state index contributed by atoms with van der Waals surface area (Å²) in [7, 11) is 0. The molecule has 1 aliphatic rings. The number of aromatic nitrogens is 1. The largest absolute Gasteiger partial charge is 0.508 e. The van der Waals surface area contributed by atoms with Gasteiger partial charge in [0.2, 0.25) is 0 Å². The number of anilines is 1. The third kappa shape index (κ3) is 4.73. The molecule has 1 saturated heterocycles. The maximum Gasteiger partial charge on any atom is 0.252 e. The van der Waals surface area contributed by atoms with E-state index in [1.807, 2.05) is 24.3 Å². The first kappa shape index (κ1) is 18.2. The molecule has 6 nitrogen and oxygen atoms in total. The fourth-order valence-electron chi connectivity index (χ4n) is 3.16. The van der Waals surface area contributed by atoms with Gasteiger partial charge >= 0.3 is 0 Å². The Balaban J connectivity index is 1.52. The minimum atomic E-state index is -0.133. The molecule has 3 rings (SSSR count). The molecule has 2 heterocycles. The van der Waals surface area contributed by atoms with Gasteiger partial charge in [0.15, 0.2) is 0 Å². The van der Waals surface area contributed by atoms with Crippen molar-refractivity contribution in [2.45, 2.75) is 32.5 Å². The van der Waals surface area contributed by atoms with Gasteiger partial charge in [0.1, 0.15) is 11.6 Å². The molecule has 2 N–H and O–H groups in total. The Kier molecular flexibility index (Phi) is 5.73. The second-order valence-electron chi connectivity index (χ2n) is 6.74. The predicted molar refractivity (Wildman–Crippen MR) is 101 cm³/mol. The van der Waals surface area contributed by atoms with Gasteiger partial charge in [0.05, 0.1) is 17.8 Å². The first-order valence-electron chi connectivity index (χ1n) is 8.94. The first-order chi connectivity index (χ1) is 12.5. The van der Waals surface area contributed by atoms with Crippen molar-refractivity contribution in [3.63, 3.8) is 0 Å². The monoisotopic (exact) mass is 355 g/mol. The third-order valence-corrected chi connectivity index (χ3v) is 4.39. The second-order valence-corrected chi connectivity index (χ2v) is 6.74. The molecule has 2 atom stereocenters. The van der Waals surface area contributed by atoms with Crippen LogP contribution < -0.4 is 10.2 Å². The van der Waals surface area contributed by atoms with Crippen LogP contribution in [0.1, 0.15) is 29.8 Å². The van der Waals surface area contributed by atoms with E-state index >= 15 is 0 Å². The minimum Gasteiger partial charge on any atom is -0.508 e. The Morgan fingerprint density at radius 3 is 2.50 bits per heavy atom. The van der Waals surface area contributed by atoms with Gasteiger partial charge in [-0.15, -0.1) is 0 Å². The SMILES string of the molecule is C[C@@H]1CN(c2ccc(C(=O)NCCc3ccc(O)cc3)cn2)C[C@H](C)O1. The molecule has 6 heteroatoms. The van der Waals surface area contributed by atoms with Crippen molar-refractivity contribution in [2.24, 2.45) is 0 Å². The van der Waals surface area contributed by atoms with Crippen LogP contribution in [0.25, 0.3) is 0 Å². The third-order valence-electron chi connectivity index (χ3n) is 4.39. The fourth-order valence-corrected chi connectivity index (χ4v) is 3.16. The average Bonchev–Trinajstić information content (AvgIpc) is 2.62. The maximum absolute atomic E-state index is 12.3. The summed E-state index contributed by atoms with van der Waals surface area (Å²) < 4.78 is 5.74. The highest BCUT2D eigenvalue weighted by Crippen LogP contribution is 2.18. The molecule has 0 spiro atoms. The molecule has 0 bridgehead atoms. The van der Waals surface area contributed by atoms with E-state index in [0.29, 0.717) is 18.5 Å². The van der Waals surface area contributed by atoms with Crippen LogP contribution in [-0.4, -0.2) is 47.8 Å². The zero-order chi connectivity index (χ0) is 18.5. The lowest BCUT2D eigenvalue weighted by Crippen LogP contribution is -2.45. The smallest absolute Gasteiger partial charge is 0.252 e. The normalized spacial score (nSPS) is 20.0. The van der Waals surface area contributed by atoms with Gasteiger partial charge in [0, 0.05) is 25.8 Å². The standard InChI is InChI=1S/C20H25N3O3/c1-14-12-23(13-15(2)26-14)19-8-5-17(11-22-19)20(25)21-10-9-16-3-6-18(24)7-4-16/h3-8,11,14-15,24H,9-10,12-13H2,1-2H3,(H,21,25)/t14-,15+. The van der Waals surface area contributed by atoms with Crippen molar-refractivity contribution in [3.8, 4) is 5.75 Å². The van der Waals surface area contributed by atoms with Crippen molar-refractivity contribution in [1.29, 1.82) is 0 Å². The van der Waals surface area contributed by atoms with E-state index in [1.54, 1.807) is 18.3 Å². The van der Waals surface area contributed by atoms with Crippen LogP contribution >= 0.6 is 0 Å². The fraction of sp³-hybridized carbons (Fsp3) is 0.400. The predicted octanol–water partition coefficient (Wildman–Crippen LogP) is 2.37. The lowest BCUT2D eigenvalue weighted by atomic mass is 10.1. The molecule has 1 aliphatic heterocycles. The number of hydrogen-bond donors (Lipinski definition) is 2. The average molecular weight is 355 g/mol. The molecular weight excluding hydrogens is 330 g/mol. The van der Waals surface area contributed by atoms with Crippen molar-refractivity contribution in [3.05, 3.63) is 53.7 Å². The van der Waals surface area contributed by atoms with Gasteiger partial charge in [-0.25, -0.2) is 4.98 Å². The van der Waals surface area contributed by atoms with E-state index in [-0.39, 0.29) is 23.9 Å². The molecular formula is C20H25N3O3. The van der Waals surface area contributed by atoms with Crippen LogP contribution in [0.2, 0.25) is 0 Å². The molecule has 1 aromatic carbocycles. The number of rotatable bonds is 5. The summed E-state index contributed by atoms with van der Waals surface area (Å²) in [5, 5.41) is 12.2. The summed E-state index contributed by atoms with van der Waals surface area (Å²) in [6.07, 6.45) is 2.67. The number of amides is 1. The van der Waals surface area contributed by atoms with Gasteiger partial charge in [0.25, 0.3) is 5.91 Å². The summed E-state index contributed by atoms with van der Waals surface area (Å²) in [5.41, 5.74) is 1.61. The number of phenolic OH excluding ortho intramolecular Hbond substituents is 1. The van der Waals surface area contributed by atoms with Crippen LogP contribution in [0.5, 0.6) is 5.75 Å². The molecule has 0 saturated carbocycles. The molecule has 26 heavy (non-hydrogen) atoms. The van der Waals surface area contributed by atoms with Crippen molar-refractivity contribution in [1.82, 2.24) is 10.3 Å². The highest BCUT2D eigenvalue weighted by Gasteiger charge is 2.23. The Morgan fingerprint density at radius 1 is 1.19 bits per heavy atom. The number of carbonyl (C=O) groups is 1. The molecule has 0 aliphatic carbocycles. The quantitative estimate of drug-likeness (QED) is 0.861. The Morgan fingerprint density at radius 2 is 1.88 bits per heavy atom. The van der Waals surface area contributed by atoms with Crippen LogP contribution in [0.4, 0.5) is 5.82 Å². The Labute approximate surface area is 153 Å². The van der Waals surface area contributed by atoms with Crippen LogP contribution in [0, 0.1) is 0 Å². The van der Waals surface area contributed by atoms with E-state index in [1.165, 1.54) is 0 Å². The Hall–Kier alpha value is -2.60. The van der Waals surface area contributed by atoms with Crippen molar-refractivity contribution < 1.29 is 14.6 Å². The number of ether oxygens (including phenoxy) is 1. The van der Waals surface area contributed by atoms with Crippen molar-refractivity contribution in [2.75, 3.05) is 24.5 Å². The molecule has 138 valence electrons. The van der Waals surface area contributed by atoms with Gasteiger partial charge in [-0.05, 0) is 50.1 Å². The van der Waals surface area contributed by atoms with Gasteiger partial charge in [-0.1, -0.05) is 12.1 Å². The van der Waals surface area contributed by atoms with Crippen LogP contribution in [0.15, 0.2) is 42.6 Å². The van der Waals surface area contributed by atoms with Crippen LogP contribution in [0.3, 0.4) is 0 Å². The maximum atomic E-state index is 12.3. The van der Waals surface area contributed by atoms with E-state index < -0.39 is 0 Å². The van der Waals surface area contributed by atoms with Gasteiger partial charge < -0.3 is 20.1 Å². The summed E-state index contributed by atoms with van der Waals surface area (Å²) in [5.74, 6) is 0.979. The molecule has 0 unspecified atom stereocenters. The molecule has 1 amide bonds. The van der Waals surface area contributed by atoms with E-state index in [9.17, 15) is 9.90 Å². The lowest BCUT2D eigenvalue weighted by Gasteiger charge is -2.36. The molecule has 1 aromatic heterocycles. The molecule has 2 aromatic rings. The second kappa shape index (κ2) is 8.19. The summed E-state index contributed by atoms with van der Waals surface area (Å²) in [6.45, 7) is 6.24. The summed E-state index contributed by atoms with van der Waals surface area (Å²) in [4.78, 5) is 18.9. The molecule has 0 radical (unpaired) electrons. The lowest BCUT2D eigenvalue weighted by molar-refractivity contribution is -0.00546. The van der Waals surface area contributed by atoms with Gasteiger partial charge in [-0.2, -0.15) is 0 Å². The van der Waals surface area contributed by atoms with Gasteiger partial charge in [-0.3, -0.25) is 4.79 Å². The minimum absolute atomic E-state index is 0.133. The highest BCUT2D eigenvalue weighted by atomic mass is 16.5. The van der Waals surface area contributed by atoms with Crippen LogP contribution in [-0.2, 0) is 11.2 Å².